The van der Waals surface area contributed by atoms with E-state index in [0.29, 0.717) is 23.8 Å². The highest BCUT2D eigenvalue weighted by Crippen LogP contribution is 2.15. The predicted molar refractivity (Wildman–Crippen MR) is 74.6 cm³/mol. The normalized spacial score (nSPS) is 20.0. The molecule has 6 nitrogen and oxygen atoms in total. The minimum Gasteiger partial charge on any atom is -0.350 e. The topological polar surface area (TPSA) is 83.3 Å². The first-order chi connectivity index (χ1) is 9.22. The Bertz CT molecular complexity index is 437. The number of rotatable bonds is 4. The largest absolute Gasteiger partial charge is 0.350 e. The van der Waals surface area contributed by atoms with Crippen LogP contribution in [0.1, 0.15) is 29.6 Å². The molecule has 1 fully saturated rings. The smallest absolute Gasteiger partial charge is 0.253 e. The van der Waals surface area contributed by atoms with Crippen molar-refractivity contribution in [3.05, 3.63) is 24.0 Å². The summed E-state index contributed by atoms with van der Waals surface area (Å²) < 4.78 is 0. The molecule has 1 aromatic heterocycles. The third-order valence-electron chi connectivity index (χ3n) is 3.64. The van der Waals surface area contributed by atoms with E-state index in [2.05, 4.69) is 27.7 Å². The van der Waals surface area contributed by atoms with Crippen LogP contribution in [0.3, 0.4) is 0 Å². The molecule has 0 aliphatic carbocycles. The number of anilines is 1. The summed E-state index contributed by atoms with van der Waals surface area (Å²) in [6.45, 7) is 1.77. The van der Waals surface area contributed by atoms with E-state index in [-0.39, 0.29) is 5.91 Å². The molecule has 1 amide bonds. The van der Waals surface area contributed by atoms with E-state index >= 15 is 0 Å². The standard InChI is InChI=1S/C13H21N5O/c1-18-7-3-2-4-10(18)8-16-13(19)11-5-6-15-9-12(11)17-14/h5-6,9-10,17H,2-4,7-8,14H2,1H3,(H,16,19). The van der Waals surface area contributed by atoms with Gasteiger partial charge in [-0.3, -0.25) is 15.6 Å². The van der Waals surface area contributed by atoms with Gasteiger partial charge in [0, 0.05) is 18.8 Å². The zero-order valence-corrected chi connectivity index (χ0v) is 11.2. The highest BCUT2D eigenvalue weighted by molar-refractivity contribution is 5.99. The number of carbonyl (C=O) groups excluding carboxylic acids is 1. The van der Waals surface area contributed by atoms with Crippen molar-refractivity contribution in [2.45, 2.75) is 25.3 Å². The van der Waals surface area contributed by atoms with E-state index < -0.39 is 0 Å². The number of nitrogens with two attached hydrogens (primary N) is 1. The molecule has 0 saturated carbocycles. The summed E-state index contributed by atoms with van der Waals surface area (Å²) in [5.41, 5.74) is 3.55. The number of hydrogen-bond acceptors (Lipinski definition) is 5. The van der Waals surface area contributed by atoms with Crippen molar-refractivity contribution in [1.29, 1.82) is 0 Å². The van der Waals surface area contributed by atoms with Gasteiger partial charge in [-0.1, -0.05) is 6.42 Å². The number of nitrogen functional groups attached to an aromatic ring is 1. The van der Waals surface area contributed by atoms with Gasteiger partial charge in [0.2, 0.25) is 0 Å². The number of aromatic nitrogens is 1. The van der Waals surface area contributed by atoms with Crippen molar-refractivity contribution in [2.75, 3.05) is 25.6 Å². The number of pyridine rings is 1. The number of amides is 1. The summed E-state index contributed by atoms with van der Waals surface area (Å²) in [4.78, 5) is 18.4. The van der Waals surface area contributed by atoms with Crippen LogP contribution in [0, 0.1) is 0 Å². The van der Waals surface area contributed by atoms with Crippen LogP contribution < -0.4 is 16.6 Å². The minimum absolute atomic E-state index is 0.116. The first-order valence-electron chi connectivity index (χ1n) is 6.61. The molecule has 4 N–H and O–H groups in total. The summed E-state index contributed by atoms with van der Waals surface area (Å²) in [6.07, 6.45) is 6.74. The molecule has 1 aliphatic heterocycles. The Hall–Kier alpha value is -1.66. The molecule has 1 aliphatic rings. The Kier molecular flexibility index (Phi) is 4.70. The first-order valence-corrected chi connectivity index (χ1v) is 6.61. The fourth-order valence-electron chi connectivity index (χ4n) is 2.42. The SMILES string of the molecule is CN1CCCCC1CNC(=O)c1ccncc1NN. The predicted octanol–water partition coefficient (Wildman–Crippen LogP) is 0.581. The average Bonchev–Trinajstić information content (AvgIpc) is 2.46. The highest BCUT2D eigenvalue weighted by Gasteiger charge is 2.20. The summed E-state index contributed by atoms with van der Waals surface area (Å²) in [5.74, 6) is 5.25. The highest BCUT2D eigenvalue weighted by atomic mass is 16.1. The fourth-order valence-corrected chi connectivity index (χ4v) is 2.42. The van der Waals surface area contributed by atoms with E-state index in [0.717, 1.165) is 13.0 Å². The lowest BCUT2D eigenvalue weighted by molar-refractivity contribution is 0.0929. The van der Waals surface area contributed by atoms with E-state index in [1.165, 1.54) is 12.8 Å². The van der Waals surface area contributed by atoms with Gasteiger partial charge < -0.3 is 15.6 Å². The molecule has 0 spiro atoms. The maximum Gasteiger partial charge on any atom is 0.253 e. The molecular formula is C13H21N5O. The number of likely N-dealkylation sites (N-methyl/N-ethyl adjacent to an activating group) is 1. The number of hydrogen-bond donors (Lipinski definition) is 3. The zero-order chi connectivity index (χ0) is 13.7. The number of hydrazine groups is 1. The Labute approximate surface area is 113 Å². The van der Waals surface area contributed by atoms with Crippen LogP contribution in [-0.4, -0.2) is 42.0 Å². The third kappa shape index (κ3) is 3.42. The van der Waals surface area contributed by atoms with Crippen LogP contribution in [0.2, 0.25) is 0 Å². The van der Waals surface area contributed by atoms with Crippen LogP contribution in [0.25, 0.3) is 0 Å². The van der Waals surface area contributed by atoms with Gasteiger partial charge in [-0.05, 0) is 32.5 Å². The Morgan fingerprint density at radius 2 is 2.42 bits per heavy atom. The summed E-state index contributed by atoms with van der Waals surface area (Å²) in [7, 11) is 2.11. The van der Waals surface area contributed by atoms with Gasteiger partial charge in [0.1, 0.15) is 0 Å². The molecule has 0 radical (unpaired) electrons. The summed E-state index contributed by atoms with van der Waals surface area (Å²) in [6, 6.07) is 2.09. The number of nitrogens with zero attached hydrogens (tertiary/aromatic N) is 2. The Balaban J connectivity index is 1.93. The molecule has 104 valence electrons. The molecule has 1 saturated heterocycles. The van der Waals surface area contributed by atoms with E-state index in [1.807, 2.05) is 0 Å². The summed E-state index contributed by atoms with van der Waals surface area (Å²) in [5, 5.41) is 2.97. The zero-order valence-electron chi connectivity index (χ0n) is 11.2. The van der Waals surface area contributed by atoms with Gasteiger partial charge in [0.15, 0.2) is 0 Å². The van der Waals surface area contributed by atoms with Crippen LogP contribution in [0.15, 0.2) is 18.5 Å². The quantitative estimate of drug-likeness (QED) is 0.547. The van der Waals surface area contributed by atoms with Crippen molar-refractivity contribution in [2.24, 2.45) is 5.84 Å². The maximum atomic E-state index is 12.1. The van der Waals surface area contributed by atoms with Gasteiger partial charge >= 0.3 is 0 Å². The number of carbonyl (C=O) groups is 1. The van der Waals surface area contributed by atoms with Crippen LogP contribution in [-0.2, 0) is 0 Å². The minimum atomic E-state index is -0.116. The molecule has 6 heteroatoms. The van der Waals surface area contributed by atoms with E-state index in [4.69, 9.17) is 5.84 Å². The molecule has 0 bridgehead atoms. The van der Waals surface area contributed by atoms with Gasteiger partial charge in [0.25, 0.3) is 5.91 Å². The van der Waals surface area contributed by atoms with E-state index in [1.54, 1.807) is 18.5 Å². The molecular weight excluding hydrogens is 242 g/mol. The maximum absolute atomic E-state index is 12.1. The summed E-state index contributed by atoms with van der Waals surface area (Å²) >= 11 is 0. The first kappa shape index (κ1) is 13.8. The lowest BCUT2D eigenvalue weighted by Gasteiger charge is -2.32. The average molecular weight is 263 g/mol. The van der Waals surface area contributed by atoms with Gasteiger partial charge in [-0.15, -0.1) is 0 Å². The monoisotopic (exact) mass is 263 g/mol. The van der Waals surface area contributed by atoms with Crippen LogP contribution in [0.5, 0.6) is 0 Å². The van der Waals surface area contributed by atoms with Crippen LogP contribution in [0.4, 0.5) is 5.69 Å². The van der Waals surface area contributed by atoms with Crippen molar-refractivity contribution < 1.29 is 4.79 Å². The molecule has 19 heavy (non-hydrogen) atoms. The fraction of sp³-hybridized carbons (Fsp3) is 0.538. The lowest BCUT2D eigenvalue weighted by Crippen LogP contribution is -2.44. The van der Waals surface area contributed by atoms with Crippen molar-refractivity contribution in [1.82, 2.24) is 15.2 Å². The second-order valence-corrected chi connectivity index (χ2v) is 4.91. The lowest BCUT2D eigenvalue weighted by atomic mass is 10.0. The second-order valence-electron chi connectivity index (χ2n) is 4.91. The van der Waals surface area contributed by atoms with Crippen molar-refractivity contribution in [3.8, 4) is 0 Å². The van der Waals surface area contributed by atoms with Gasteiger partial charge in [0.05, 0.1) is 17.4 Å². The molecule has 1 atom stereocenters. The Morgan fingerprint density at radius 1 is 1.58 bits per heavy atom. The van der Waals surface area contributed by atoms with Crippen molar-refractivity contribution in [3.63, 3.8) is 0 Å². The van der Waals surface area contributed by atoms with Crippen LogP contribution >= 0.6 is 0 Å². The number of nitrogens with one attached hydrogen (secondary N) is 2. The van der Waals surface area contributed by atoms with Gasteiger partial charge in [-0.25, -0.2) is 0 Å². The number of likely N-dealkylation sites (tertiary alicyclic amines) is 1. The molecule has 2 rings (SSSR count). The number of piperidine rings is 1. The molecule has 0 aromatic carbocycles. The molecule has 1 unspecified atom stereocenters. The molecule has 1 aromatic rings. The Morgan fingerprint density at radius 3 is 3.16 bits per heavy atom. The van der Waals surface area contributed by atoms with E-state index in [9.17, 15) is 4.79 Å². The third-order valence-corrected chi connectivity index (χ3v) is 3.64. The van der Waals surface area contributed by atoms with Gasteiger partial charge in [-0.2, -0.15) is 0 Å². The van der Waals surface area contributed by atoms with Crippen molar-refractivity contribution >= 4 is 11.6 Å². The molecule has 2 heterocycles. The second kappa shape index (κ2) is 6.49.